The molecule has 0 bridgehead atoms. The van der Waals surface area contributed by atoms with Crippen LogP contribution in [0.2, 0.25) is 0 Å². The lowest BCUT2D eigenvalue weighted by molar-refractivity contribution is 0.0793. The number of methoxy groups -OCH3 is 2. The number of hydrogen-bond acceptors (Lipinski definition) is 4. The number of benzene rings is 2. The van der Waals surface area contributed by atoms with Gasteiger partial charge in [-0.05, 0) is 43.2 Å². The maximum absolute atomic E-state index is 12.6. The summed E-state index contributed by atoms with van der Waals surface area (Å²) >= 11 is 0. The van der Waals surface area contributed by atoms with E-state index in [2.05, 4.69) is 5.32 Å². The first kappa shape index (κ1) is 17.8. The number of likely N-dealkylation sites (tertiary alicyclic amines) is 1. The van der Waals surface area contributed by atoms with Crippen LogP contribution in [-0.4, -0.2) is 44.0 Å². The fourth-order valence-electron chi connectivity index (χ4n) is 3.00. The highest BCUT2D eigenvalue weighted by atomic mass is 16.5. The Bertz CT molecular complexity index is 813. The molecule has 3 rings (SSSR count). The van der Waals surface area contributed by atoms with Gasteiger partial charge in [0.1, 0.15) is 11.5 Å². The van der Waals surface area contributed by atoms with Crippen LogP contribution < -0.4 is 14.8 Å². The number of carbonyl (C=O) groups is 2. The average molecular weight is 354 g/mol. The molecule has 1 fully saturated rings. The van der Waals surface area contributed by atoms with Gasteiger partial charge in [0.05, 0.1) is 19.9 Å². The molecule has 1 aliphatic rings. The minimum absolute atomic E-state index is 0.0314. The van der Waals surface area contributed by atoms with E-state index in [1.165, 1.54) is 7.11 Å². The Morgan fingerprint density at radius 3 is 2.38 bits per heavy atom. The number of amides is 2. The predicted octanol–water partition coefficient (Wildman–Crippen LogP) is 3.19. The molecule has 0 unspecified atom stereocenters. The molecule has 0 atom stereocenters. The van der Waals surface area contributed by atoms with E-state index in [-0.39, 0.29) is 11.8 Å². The van der Waals surface area contributed by atoms with Crippen molar-refractivity contribution in [2.45, 2.75) is 12.8 Å². The minimum atomic E-state index is -0.312. The smallest absolute Gasteiger partial charge is 0.255 e. The van der Waals surface area contributed by atoms with Crippen molar-refractivity contribution in [3.05, 3.63) is 53.6 Å². The molecular weight excluding hydrogens is 332 g/mol. The molecule has 136 valence electrons. The van der Waals surface area contributed by atoms with Gasteiger partial charge in [-0.2, -0.15) is 0 Å². The predicted molar refractivity (Wildman–Crippen MR) is 99.1 cm³/mol. The van der Waals surface area contributed by atoms with Crippen LogP contribution in [0.1, 0.15) is 33.6 Å². The lowest BCUT2D eigenvalue weighted by atomic mass is 10.1. The van der Waals surface area contributed by atoms with E-state index < -0.39 is 0 Å². The summed E-state index contributed by atoms with van der Waals surface area (Å²) in [6.07, 6.45) is 2.06. The zero-order chi connectivity index (χ0) is 18.5. The first-order valence-electron chi connectivity index (χ1n) is 8.55. The molecular formula is C20H22N2O4. The lowest BCUT2D eigenvalue weighted by Gasteiger charge is -2.16. The largest absolute Gasteiger partial charge is 0.497 e. The number of carbonyl (C=O) groups excluding carboxylic acids is 2. The Kier molecular flexibility index (Phi) is 5.41. The molecule has 0 saturated carbocycles. The number of ether oxygens (including phenoxy) is 2. The van der Waals surface area contributed by atoms with Gasteiger partial charge in [-0.25, -0.2) is 0 Å². The minimum Gasteiger partial charge on any atom is -0.497 e. The van der Waals surface area contributed by atoms with Gasteiger partial charge in [-0.1, -0.05) is 6.07 Å². The molecule has 1 heterocycles. The molecule has 0 aromatic heterocycles. The summed E-state index contributed by atoms with van der Waals surface area (Å²) < 4.78 is 10.5. The first-order valence-corrected chi connectivity index (χ1v) is 8.55. The van der Waals surface area contributed by atoms with Crippen LogP contribution in [0.5, 0.6) is 11.5 Å². The molecule has 2 aromatic carbocycles. The first-order chi connectivity index (χ1) is 12.6. The van der Waals surface area contributed by atoms with Crippen molar-refractivity contribution < 1.29 is 19.1 Å². The number of nitrogens with zero attached hydrogens (tertiary/aromatic N) is 1. The summed E-state index contributed by atoms with van der Waals surface area (Å²) in [4.78, 5) is 27.0. The third-order valence-corrected chi connectivity index (χ3v) is 4.42. The van der Waals surface area contributed by atoms with Crippen LogP contribution in [0.4, 0.5) is 5.69 Å². The van der Waals surface area contributed by atoms with E-state index in [0.29, 0.717) is 28.3 Å². The maximum Gasteiger partial charge on any atom is 0.255 e. The highest BCUT2D eigenvalue weighted by Crippen LogP contribution is 2.29. The quantitative estimate of drug-likeness (QED) is 0.895. The molecule has 1 saturated heterocycles. The molecule has 0 radical (unpaired) electrons. The van der Waals surface area contributed by atoms with E-state index >= 15 is 0 Å². The van der Waals surface area contributed by atoms with Gasteiger partial charge >= 0.3 is 0 Å². The van der Waals surface area contributed by atoms with Crippen molar-refractivity contribution in [3.63, 3.8) is 0 Å². The third-order valence-electron chi connectivity index (χ3n) is 4.42. The Hall–Kier alpha value is -3.02. The summed E-state index contributed by atoms with van der Waals surface area (Å²) in [5.74, 6) is 0.797. The van der Waals surface area contributed by atoms with Crippen molar-refractivity contribution >= 4 is 17.5 Å². The summed E-state index contributed by atoms with van der Waals surface area (Å²) in [6, 6.07) is 11.9. The van der Waals surface area contributed by atoms with Crippen LogP contribution in [0.15, 0.2) is 42.5 Å². The molecule has 6 nitrogen and oxygen atoms in total. The van der Waals surface area contributed by atoms with Crippen molar-refractivity contribution in [1.29, 1.82) is 0 Å². The molecule has 0 aliphatic carbocycles. The van der Waals surface area contributed by atoms with Crippen LogP contribution >= 0.6 is 0 Å². The highest BCUT2D eigenvalue weighted by Gasteiger charge is 2.20. The Balaban J connectivity index is 1.80. The van der Waals surface area contributed by atoms with Gasteiger partial charge in [-0.3, -0.25) is 9.59 Å². The molecule has 26 heavy (non-hydrogen) atoms. The topological polar surface area (TPSA) is 67.9 Å². The van der Waals surface area contributed by atoms with Gasteiger partial charge < -0.3 is 19.7 Å². The number of hydrogen-bond donors (Lipinski definition) is 1. The van der Waals surface area contributed by atoms with E-state index in [4.69, 9.17) is 9.47 Å². The van der Waals surface area contributed by atoms with E-state index in [1.54, 1.807) is 49.6 Å². The average Bonchev–Trinajstić information content (AvgIpc) is 3.22. The van der Waals surface area contributed by atoms with Crippen LogP contribution in [-0.2, 0) is 0 Å². The number of anilines is 1. The van der Waals surface area contributed by atoms with Gasteiger partial charge in [0.2, 0.25) is 0 Å². The summed E-state index contributed by atoms with van der Waals surface area (Å²) in [6.45, 7) is 1.55. The lowest BCUT2D eigenvalue weighted by Crippen LogP contribution is -2.27. The van der Waals surface area contributed by atoms with E-state index in [1.807, 2.05) is 4.90 Å². The van der Waals surface area contributed by atoms with Crippen molar-refractivity contribution in [2.75, 3.05) is 32.6 Å². The summed E-state index contributed by atoms with van der Waals surface area (Å²) in [5.41, 5.74) is 1.45. The SMILES string of the molecule is COc1ccc(OC)c(NC(=O)c2cccc(C(=O)N3CCCC3)c2)c1. The number of rotatable bonds is 5. The second kappa shape index (κ2) is 7.91. The second-order valence-corrected chi connectivity index (χ2v) is 6.10. The van der Waals surface area contributed by atoms with Gasteiger partial charge in [0.25, 0.3) is 11.8 Å². The monoisotopic (exact) mass is 354 g/mol. The summed E-state index contributed by atoms with van der Waals surface area (Å²) in [5, 5.41) is 2.82. The van der Waals surface area contributed by atoms with Gasteiger partial charge in [0.15, 0.2) is 0 Å². The molecule has 0 spiro atoms. The Morgan fingerprint density at radius 1 is 0.962 bits per heavy atom. The molecule has 1 N–H and O–H groups in total. The second-order valence-electron chi connectivity index (χ2n) is 6.10. The zero-order valence-electron chi connectivity index (χ0n) is 15.0. The molecule has 1 aliphatic heterocycles. The standard InChI is InChI=1S/C20H22N2O4/c1-25-16-8-9-18(26-2)17(13-16)21-19(23)14-6-5-7-15(12-14)20(24)22-10-3-4-11-22/h5-9,12-13H,3-4,10-11H2,1-2H3,(H,21,23). The van der Waals surface area contributed by atoms with Gasteiger partial charge in [-0.15, -0.1) is 0 Å². The summed E-state index contributed by atoms with van der Waals surface area (Å²) in [7, 11) is 3.09. The zero-order valence-corrected chi connectivity index (χ0v) is 15.0. The van der Waals surface area contributed by atoms with Crippen molar-refractivity contribution in [3.8, 4) is 11.5 Å². The highest BCUT2D eigenvalue weighted by molar-refractivity contribution is 6.06. The molecule has 6 heteroatoms. The van der Waals surface area contributed by atoms with Crippen LogP contribution in [0.3, 0.4) is 0 Å². The van der Waals surface area contributed by atoms with Crippen LogP contribution in [0.25, 0.3) is 0 Å². The molecule has 2 amide bonds. The fraction of sp³-hybridized carbons (Fsp3) is 0.300. The number of nitrogens with one attached hydrogen (secondary N) is 1. The van der Waals surface area contributed by atoms with Gasteiger partial charge in [0, 0.05) is 30.3 Å². The van der Waals surface area contributed by atoms with Crippen LogP contribution in [0, 0.1) is 0 Å². The van der Waals surface area contributed by atoms with E-state index in [9.17, 15) is 9.59 Å². The van der Waals surface area contributed by atoms with Crippen molar-refractivity contribution in [1.82, 2.24) is 4.90 Å². The van der Waals surface area contributed by atoms with Crippen molar-refractivity contribution in [2.24, 2.45) is 0 Å². The fourth-order valence-corrected chi connectivity index (χ4v) is 3.00. The third kappa shape index (κ3) is 3.79. The molecule has 2 aromatic rings. The van der Waals surface area contributed by atoms with E-state index in [0.717, 1.165) is 25.9 Å². The Morgan fingerprint density at radius 2 is 1.69 bits per heavy atom. The normalized spacial score (nSPS) is 13.4. The Labute approximate surface area is 152 Å². The maximum atomic E-state index is 12.6.